The molecule has 25 heavy (non-hydrogen) atoms. The molecule has 0 aliphatic heterocycles. The van der Waals surface area contributed by atoms with Crippen LogP contribution in [0.15, 0.2) is 36.4 Å². The fourth-order valence-electron chi connectivity index (χ4n) is 2.55. The van der Waals surface area contributed by atoms with Gasteiger partial charge in [0.1, 0.15) is 0 Å². The summed E-state index contributed by atoms with van der Waals surface area (Å²) in [5.41, 5.74) is 2.06. The van der Waals surface area contributed by atoms with Gasteiger partial charge >= 0.3 is 5.97 Å². The van der Waals surface area contributed by atoms with Crippen LogP contribution in [-0.2, 0) is 9.53 Å². The van der Waals surface area contributed by atoms with Crippen molar-refractivity contribution in [1.82, 2.24) is 15.1 Å². The van der Waals surface area contributed by atoms with Gasteiger partial charge in [0.2, 0.25) is 0 Å². The predicted octanol–water partition coefficient (Wildman–Crippen LogP) is 2.82. The van der Waals surface area contributed by atoms with Gasteiger partial charge < -0.3 is 10.1 Å². The second-order valence-corrected chi connectivity index (χ2v) is 6.26. The van der Waals surface area contributed by atoms with Crippen LogP contribution in [0.3, 0.4) is 0 Å². The van der Waals surface area contributed by atoms with Gasteiger partial charge in [-0.3, -0.25) is 4.79 Å². The molecule has 1 aliphatic carbocycles. The molecule has 3 rings (SSSR count). The molecular formula is C19H23N3O3. The summed E-state index contributed by atoms with van der Waals surface area (Å²) in [6.45, 7) is 2.37. The first-order valence-electron chi connectivity index (χ1n) is 8.78. The minimum atomic E-state index is -0.533. The zero-order valence-corrected chi connectivity index (χ0v) is 14.4. The summed E-state index contributed by atoms with van der Waals surface area (Å²) in [7, 11) is 0. The van der Waals surface area contributed by atoms with E-state index in [9.17, 15) is 9.59 Å². The molecule has 0 spiro atoms. The lowest BCUT2D eigenvalue weighted by atomic mass is 10.2. The largest absolute Gasteiger partial charge is 0.451 e. The van der Waals surface area contributed by atoms with E-state index in [1.165, 1.54) is 0 Å². The van der Waals surface area contributed by atoms with Gasteiger partial charge in [0, 0.05) is 12.5 Å². The molecule has 1 N–H and O–H groups in total. The van der Waals surface area contributed by atoms with E-state index in [2.05, 4.69) is 10.4 Å². The summed E-state index contributed by atoms with van der Waals surface area (Å²) in [6.07, 6.45) is 4.10. The smallest absolute Gasteiger partial charge is 0.357 e. The highest BCUT2D eigenvalue weighted by Crippen LogP contribution is 2.39. The van der Waals surface area contributed by atoms with Crippen LogP contribution < -0.4 is 5.32 Å². The third kappa shape index (κ3) is 4.47. The first-order chi connectivity index (χ1) is 12.2. The summed E-state index contributed by atoms with van der Waals surface area (Å²) < 4.78 is 6.79. The van der Waals surface area contributed by atoms with Crippen molar-refractivity contribution in [1.29, 1.82) is 0 Å². The van der Waals surface area contributed by atoms with E-state index < -0.39 is 5.97 Å². The Morgan fingerprint density at radius 3 is 2.72 bits per heavy atom. The van der Waals surface area contributed by atoms with E-state index in [1.807, 2.05) is 37.3 Å². The Labute approximate surface area is 147 Å². The van der Waals surface area contributed by atoms with Gasteiger partial charge in [0.25, 0.3) is 5.91 Å². The summed E-state index contributed by atoms with van der Waals surface area (Å²) in [6, 6.07) is 11.2. The normalized spacial score (nSPS) is 13.5. The number of nitrogens with zero attached hydrogens (tertiary/aromatic N) is 2. The standard InChI is InChI=1S/C19H23N3O3/c1-2-3-11-20-18(23)13-25-19(24)17-12-16(14-9-10-14)21-22(17)15-7-5-4-6-8-15/h4-8,12,14H,2-3,9-11,13H2,1H3,(H,20,23). The lowest BCUT2D eigenvalue weighted by Crippen LogP contribution is -2.29. The van der Waals surface area contributed by atoms with Crippen LogP contribution in [0.2, 0.25) is 0 Å². The Hall–Kier alpha value is -2.63. The second-order valence-electron chi connectivity index (χ2n) is 6.26. The number of rotatable bonds is 8. The molecule has 1 aliphatic rings. The molecule has 1 saturated carbocycles. The van der Waals surface area contributed by atoms with Crippen LogP contribution in [0.5, 0.6) is 0 Å². The van der Waals surface area contributed by atoms with E-state index in [-0.39, 0.29) is 12.5 Å². The lowest BCUT2D eigenvalue weighted by Gasteiger charge is -2.08. The van der Waals surface area contributed by atoms with E-state index in [1.54, 1.807) is 10.7 Å². The Morgan fingerprint density at radius 1 is 1.28 bits per heavy atom. The monoisotopic (exact) mass is 341 g/mol. The van der Waals surface area contributed by atoms with Crippen LogP contribution in [-0.4, -0.2) is 34.8 Å². The Morgan fingerprint density at radius 2 is 2.04 bits per heavy atom. The topological polar surface area (TPSA) is 73.2 Å². The highest BCUT2D eigenvalue weighted by molar-refractivity contribution is 5.90. The molecule has 0 bridgehead atoms. The van der Waals surface area contributed by atoms with Crippen LogP contribution >= 0.6 is 0 Å². The highest BCUT2D eigenvalue weighted by Gasteiger charge is 2.29. The fraction of sp³-hybridized carbons (Fsp3) is 0.421. The number of carbonyl (C=O) groups is 2. The number of carbonyl (C=O) groups excluding carboxylic acids is 2. The number of aromatic nitrogens is 2. The number of hydrogen-bond acceptors (Lipinski definition) is 4. The third-order valence-electron chi connectivity index (χ3n) is 4.12. The van der Waals surface area contributed by atoms with E-state index in [0.29, 0.717) is 18.2 Å². The Balaban J connectivity index is 1.70. The molecule has 0 atom stereocenters. The first kappa shape index (κ1) is 17.2. The molecule has 1 fully saturated rings. The van der Waals surface area contributed by atoms with Crippen molar-refractivity contribution in [3.8, 4) is 5.69 Å². The number of nitrogens with one attached hydrogen (secondary N) is 1. The maximum absolute atomic E-state index is 12.5. The number of ether oxygens (including phenoxy) is 1. The molecule has 132 valence electrons. The SMILES string of the molecule is CCCCNC(=O)COC(=O)c1cc(C2CC2)nn1-c1ccccc1. The molecule has 6 nitrogen and oxygen atoms in total. The number of esters is 1. The van der Waals surface area contributed by atoms with Gasteiger partial charge in [0.15, 0.2) is 12.3 Å². The van der Waals surface area contributed by atoms with Gasteiger partial charge in [-0.05, 0) is 37.5 Å². The Bertz CT molecular complexity index is 736. The predicted molar refractivity (Wildman–Crippen MR) is 93.7 cm³/mol. The van der Waals surface area contributed by atoms with Crippen molar-refractivity contribution in [2.24, 2.45) is 0 Å². The molecule has 1 aromatic carbocycles. The third-order valence-corrected chi connectivity index (χ3v) is 4.12. The fourth-order valence-corrected chi connectivity index (χ4v) is 2.55. The minimum absolute atomic E-state index is 0.277. The highest BCUT2D eigenvalue weighted by atomic mass is 16.5. The second kappa shape index (κ2) is 7.96. The van der Waals surface area contributed by atoms with E-state index in [0.717, 1.165) is 37.1 Å². The van der Waals surface area contributed by atoms with Gasteiger partial charge in [-0.15, -0.1) is 0 Å². The summed E-state index contributed by atoms with van der Waals surface area (Å²) in [5.74, 6) is -0.391. The molecule has 0 unspecified atom stereocenters. The van der Waals surface area contributed by atoms with Crippen molar-refractivity contribution < 1.29 is 14.3 Å². The first-order valence-corrected chi connectivity index (χ1v) is 8.78. The number of unbranched alkanes of at least 4 members (excludes halogenated alkanes) is 1. The lowest BCUT2D eigenvalue weighted by molar-refractivity contribution is -0.124. The van der Waals surface area contributed by atoms with Crippen molar-refractivity contribution in [3.63, 3.8) is 0 Å². The minimum Gasteiger partial charge on any atom is -0.451 e. The molecule has 1 aromatic heterocycles. The average molecular weight is 341 g/mol. The van der Waals surface area contributed by atoms with E-state index in [4.69, 9.17) is 4.74 Å². The number of benzene rings is 1. The van der Waals surface area contributed by atoms with Crippen molar-refractivity contribution in [2.45, 2.75) is 38.5 Å². The van der Waals surface area contributed by atoms with Crippen LogP contribution in [0.4, 0.5) is 0 Å². The molecular weight excluding hydrogens is 318 g/mol. The van der Waals surface area contributed by atoms with Gasteiger partial charge in [-0.25, -0.2) is 9.48 Å². The average Bonchev–Trinajstić information content (AvgIpc) is 3.39. The number of para-hydroxylation sites is 1. The molecule has 6 heteroatoms. The Kier molecular flexibility index (Phi) is 5.48. The van der Waals surface area contributed by atoms with Crippen molar-refractivity contribution in [2.75, 3.05) is 13.2 Å². The quantitative estimate of drug-likeness (QED) is 0.592. The molecule has 0 radical (unpaired) electrons. The molecule has 0 saturated heterocycles. The molecule has 1 amide bonds. The van der Waals surface area contributed by atoms with E-state index >= 15 is 0 Å². The van der Waals surface area contributed by atoms with Gasteiger partial charge in [0.05, 0.1) is 11.4 Å². The van der Waals surface area contributed by atoms with Gasteiger partial charge in [-0.2, -0.15) is 5.10 Å². The summed E-state index contributed by atoms with van der Waals surface area (Å²) >= 11 is 0. The zero-order chi connectivity index (χ0) is 17.6. The number of amides is 1. The van der Waals surface area contributed by atoms with Crippen LogP contribution in [0.25, 0.3) is 5.69 Å². The molecule has 1 heterocycles. The van der Waals surface area contributed by atoms with Crippen LogP contribution in [0.1, 0.15) is 54.7 Å². The summed E-state index contributed by atoms with van der Waals surface area (Å²) in [4.78, 5) is 24.2. The van der Waals surface area contributed by atoms with Gasteiger partial charge in [-0.1, -0.05) is 31.5 Å². The summed E-state index contributed by atoms with van der Waals surface area (Å²) in [5, 5.41) is 7.30. The maximum Gasteiger partial charge on any atom is 0.357 e. The zero-order valence-electron chi connectivity index (χ0n) is 14.4. The maximum atomic E-state index is 12.5. The molecule has 2 aromatic rings. The van der Waals surface area contributed by atoms with Crippen molar-refractivity contribution in [3.05, 3.63) is 47.8 Å². The van der Waals surface area contributed by atoms with Crippen LogP contribution in [0, 0.1) is 0 Å². The van der Waals surface area contributed by atoms with Crippen molar-refractivity contribution >= 4 is 11.9 Å². The number of hydrogen-bond donors (Lipinski definition) is 1.